The van der Waals surface area contributed by atoms with Gasteiger partial charge in [0.2, 0.25) is 11.8 Å². The predicted molar refractivity (Wildman–Crippen MR) is 104 cm³/mol. The summed E-state index contributed by atoms with van der Waals surface area (Å²) in [5.74, 6) is 0.555. The van der Waals surface area contributed by atoms with Crippen molar-refractivity contribution in [3.8, 4) is 17.1 Å². The van der Waals surface area contributed by atoms with Crippen molar-refractivity contribution in [2.75, 3.05) is 13.7 Å². The first-order valence-electron chi connectivity index (χ1n) is 8.68. The first-order valence-corrected chi connectivity index (χ1v) is 9.06. The van der Waals surface area contributed by atoms with Gasteiger partial charge in [-0.25, -0.2) is 4.98 Å². The highest BCUT2D eigenvalue weighted by Gasteiger charge is 2.21. The number of carbonyl (C=O) groups is 1. The number of pyridine rings is 1. The average Bonchev–Trinajstić information content (AvgIpc) is 3.07. The van der Waals surface area contributed by atoms with E-state index < -0.39 is 7.12 Å². The molecule has 7 nitrogen and oxygen atoms in total. The molecule has 9 heteroatoms. The molecule has 0 bridgehead atoms. The molecule has 1 aromatic carbocycles. The molecule has 1 unspecified atom stereocenters. The summed E-state index contributed by atoms with van der Waals surface area (Å²) in [5.41, 5.74) is 2.26. The van der Waals surface area contributed by atoms with Gasteiger partial charge in [-0.1, -0.05) is 35.9 Å². The van der Waals surface area contributed by atoms with Gasteiger partial charge < -0.3 is 25.4 Å². The first-order chi connectivity index (χ1) is 13.0. The zero-order valence-electron chi connectivity index (χ0n) is 14.9. The number of hydrogen-bond donors (Lipinski definition) is 4. The molecule has 3 rings (SSSR count). The van der Waals surface area contributed by atoms with E-state index in [1.54, 1.807) is 25.3 Å². The van der Waals surface area contributed by atoms with Crippen LogP contribution in [-0.4, -0.2) is 47.8 Å². The summed E-state index contributed by atoms with van der Waals surface area (Å²) in [6, 6.07) is 8.85. The third kappa shape index (κ3) is 4.59. The highest BCUT2D eigenvalue weighted by atomic mass is 35.5. The molecule has 2 aromatic rings. The van der Waals surface area contributed by atoms with Crippen molar-refractivity contribution < 1.29 is 19.6 Å². The van der Waals surface area contributed by atoms with E-state index >= 15 is 0 Å². The lowest BCUT2D eigenvalue weighted by molar-refractivity contribution is -0.119. The van der Waals surface area contributed by atoms with Crippen LogP contribution < -0.4 is 20.8 Å². The van der Waals surface area contributed by atoms with Gasteiger partial charge in [-0.05, 0) is 12.5 Å². The Labute approximate surface area is 162 Å². The molecule has 142 valence electrons. The fraction of sp³-hybridized carbons (Fsp3) is 0.333. The average molecular weight is 390 g/mol. The number of rotatable bonds is 7. The minimum atomic E-state index is -1.65. The Morgan fingerprint density at radius 2 is 2.19 bits per heavy atom. The fourth-order valence-corrected chi connectivity index (χ4v) is 3.41. The highest BCUT2D eigenvalue weighted by Crippen LogP contribution is 2.28. The molecule has 1 amide bonds. The van der Waals surface area contributed by atoms with Crippen LogP contribution in [0.1, 0.15) is 18.4 Å². The Hall–Kier alpha value is -2.13. The molecule has 1 aromatic heterocycles. The molecule has 4 N–H and O–H groups in total. The van der Waals surface area contributed by atoms with E-state index in [-0.39, 0.29) is 22.4 Å². The van der Waals surface area contributed by atoms with Crippen LogP contribution >= 0.6 is 11.6 Å². The molecular formula is C18H21BClN3O4. The Morgan fingerprint density at radius 3 is 2.85 bits per heavy atom. The van der Waals surface area contributed by atoms with Crippen molar-refractivity contribution in [1.29, 1.82) is 0 Å². The summed E-state index contributed by atoms with van der Waals surface area (Å²) in [5, 5.41) is 25.3. The Kier molecular flexibility index (Phi) is 6.33. The van der Waals surface area contributed by atoms with Gasteiger partial charge in [0.05, 0.1) is 12.8 Å². The number of halogens is 1. The third-order valence-electron chi connectivity index (χ3n) is 4.51. The lowest BCUT2D eigenvalue weighted by atomic mass is 9.79. The zero-order chi connectivity index (χ0) is 19.4. The van der Waals surface area contributed by atoms with Gasteiger partial charge in [0.1, 0.15) is 0 Å². The number of benzene rings is 1. The minimum Gasteiger partial charge on any atom is -0.481 e. The maximum absolute atomic E-state index is 11.2. The molecule has 1 atom stereocenters. The maximum atomic E-state index is 11.2. The topological polar surface area (TPSA) is 104 Å². The zero-order valence-corrected chi connectivity index (χ0v) is 15.7. The summed E-state index contributed by atoms with van der Waals surface area (Å²) < 4.78 is 5.40. The molecule has 0 aliphatic carbocycles. The van der Waals surface area contributed by atoms with Crippen LogP contribution in [0.5, 0.6) is 5.88 Å². The SMILES string of the molecule is COc1nc(-c2cccc(B(O)O)c2Cl)ccc1CNCC1CCC(=O)N1. The second-order valence-electron chi connectivity index (χ2n) is 6.38. The van der Waals surface area contributed by atoms with Crippen LogP contribution in [0.4, 0.5) is 0 Å². The molecule has 2 heterocycles. The van der Waals surface area contributed by atoms with Gasteiger partial charge in [0.15, 0.2) is 0 Å². The highest BCUT2D eigenvalue weighted by molar-refractivity contribution is 6.63. The number of hydrogen-bond acceptors (Lipinski definition) is 6. The van der Waals surface area contributed by atoms with Crippen LogP contribution in [0.25, 0.3) is 11.3 Å². The van der Waals surface area contributed by atoms with Crippen molar-refractivity contribution in [1.82, 2.24) is 15.6 Å². The van der Waals surface area contributed by atoms with E-state index in [9.17, 15) is 14.8 Å². The van der Waals surface area contributed by atoms with E-state index in [0.717, 1.165) is 12.0 Å². The quantitative estimate of drug-likeness (QED) is 0.513. The summed E-state index contributed by atoms with van der Waals surface area (Å²) in [6.45, 7) is 1.23. The normalized spacial score (nSPS) is 16.3. The first kappa shape index (κ1) is 19.6. The smallest absolute Gasteiger partial charge is 0.481 e. The van der Waals surface area contributed by atoms with E-state index in [4.69, 9.17) is 16.3 Å². The molecule has 1 fully saturated rings. The van der Waals surface area contributed by atoms with Gasteiger partial charge >= 0.3 is 7.12 Å². The number of ether oxygens (including phenoxy) is 1. The molecule has 27 heavy (non-hydrogen) atoms. The summed E-state index contributed by atoms with van der Waals surface area (Å²) in [6.07, 6.45) is 1.42. The standard InChI is InChI=1S/C18H21BClN3O4/c1-27-18-11(9-21-10-12-6-8-16(24)22-12)5-7-15(23-18)13-3-2-4-14(17(13)20)19(25)26/h2-5,7,12,21,25-26H,6,8-10H2,1H3,(H,22,24). The van der Waals surface area contributed by atoms with Crippen molar-refractivity contribution >= 4 is 30.1 Å². The van der Waals surface area contributed by atoms with Crippen molar-refractivity contribution in [2.24, 2.45) is 0 Å². The van der Waals surface area contributed by atoms with E-state index in [1.165, 1.54) is 0 Å². The summed E-state index contributed by atoms with van der Waals surface area (Å²) >= 11 is 6.29. The van der Waals surface area contributed by atoms with Crippen molar-refractivity contribution in [2.45, 2.75) is 25.4 Å². The monoisotopic (exact) mass is 389 g/mol. The van der Waals surface area contributed by atoms with Crippen molar-refractivity contribution in [3.05, 3.63) is 40.9 Å². The largest absolute Gasteiger partial charge is 0.489 e. The molecule has 1 aliphatic rings. The Bertz CT molecular complexity index is 834. The third-order valence-corrected chi connectivity index (χ3v) is 4.93. The molecule has 1 saturated heterocycles. The molecule has 0 spiro atoms. The number of amides is 1. The fourth-order valence-electron chi connectivity index (χ4n) is 3.09. The van der Waals surface area contributed by atoms with E-state index in [1.807, 2.05) is 12.1 Å². The van der Waals surface area contributed by atoms with Gasteiger partial charge in [0, 0.05) is 47.2 Å². The van der Waals surface area contributed by atoms with E-state index in [2.05, 4.69) is 15.6 Å². The van der Waals surface area contributed by atoms with Crippen LogP contribution in [0.3, 0.4) is 0 Å². The molecular weight excluding hydrogens is 368 g/mol. The number of aromatic nitrogens is 1. The van der Waals surface area contributed by atoms with Crippen LogP contribution in [0, 0.1) is 0 Å². The van der Waals surface area contributed by atoms with Gasteiger partial charge in [0.25, 0.3) is 0 Å². The Morgan fingerprint density at radius 1 is 1.37 bits per heavy atom. The van der Waals surface area contributed by atoms with Gasteiger partial charge in [-0.15, -0.1) is 0 Å². The lowest BCUT2D eigenvalue weighted by Gasteiger charge is -2.14. The van der Waals surface area contributed by atoms with Gasteiger partial charge in [-0.2, -0.15) is 0 Å². The van der Waals surface area contributed by atoms with Gasteiger partial charge in [-0.3, -0.25) is 4.79 Å². The number of nitrogens with zero attached hydrogens (tertiary/aromatic N) is 1. The lowest BCUT2D eigenvalue weighted by Crippen LogP contribution is -2.35. The second kappa shape index (κ2) is 8.71. The van der Waals surface area contributed by atoms with Crippen LogP contribution in [0.2, 0.25) is 5.02 Å². The molecule has 0 saturated carbocycles. The molecule has 1 aliphatic heterocycles. The summed E-state index contributed by atoms with van der Waals surface area (Å²) in [7, 11) is -0.110. The van der Waals surface area contributed by atoms with E-state index in [0.29, 0.717) is 36.6 Å². The minimum absolute atomic E-state index is 0.0949. The summed E-state index contributed by atoms with van der Waals surface area (Å²) in [4.78, 5) is 15.7. The number of carbonyl (C=O) groups excluding carboxylic acids is 1. The number of methoxy groups -OCH3 is 1. The maximum Gasteiger partial charge on any atom is 0.489 e. The van der Waals surface area contributed by atoms with Crippen LogP contribution in [-0.2, 0) is 11.3 Å². The Balaban J connectivity index is 1.74. The second-order valence-corrected chi connectivity index (χ2v) is 6.76. The number of nitrogens with one attached hydrogen (secondary N) is 2. The van der Waals surface area contributed by atoms with Crippen molar-refractivity contribution in [3.63, 3.8) is 0 Å². The molecule has 0 radical (unpaired) electrons. The predicted octanol–water partition coefficient (Wildman–Crippen LogP) is 0.459. The van der Waals surface area contributed by atoms with Crippen LogP contribution in [0.15, 0.2) is 30.3 Å².